The van der Waals surface area contributed by atoms with Gasteiger partial charge >= 0.3 is 5.97 Å². The van der Waals surface area contributed by atoms with Crippen molar-refractivity contribution >= 4 is 21.9 Å². The van der Waals surface area contributed by atoms with Crippen LogP contribution in [0.5, 0.6) is 0 Å². The Hall–Kier alpha value is -1.93. The Bertz CT molecular complexity index is 670. The van der Waals surface area contributed by atoms with E-state index in [2.05, 4.69) is 10.0 Å². The average Bonchev–Trinajstić information content (AvgIpc) is 3.31. The molecule has 1 saturated carbocycles. The molecule has 1 aromatic rings. The molecule has 0 radical (unpaired) electrons. The summed E-state index contributed by atoms with van der Waals surface area (Å²) in [7, 11) is -3.80. The number of carboxylic acid groups (broad SMARTS) is 1. The first-order valence-corrected chi connectivity index (χ1v) is 8.87. The highest BCUT2D eigenvalue weighted by atomic mass is 32.2. The molecule has 23 heavy (non-hydrogen) atoms. The van der Waals surface area contributed by atoms with Crippen molar-refractivity contribution in [3.05, 3.63) is 30.3 Å². The van der Waals surface area contributed by atoms with Crippen LogP contribution in [-0.2, 0) is 19.6 Å². The molecule has 1 fully saturated rings. The molecular formula is C15H20N2O5S. The average molecular weight is 340 g/mol. The fourth-order valence-corrected chi connectivity index (χ4v) is 3.51. The summed E-state index contributed by atoms with van der Waals surface area (Å²) in [5.41, 5.74) is 0. The predicted octanol–water partition coefficient (Wildman–Crippen LogP) is 0.723. The standard InChI is InChI=1S/C15H20N2O5S/c1-10(17-23(21,22)12-5-3-2-4-6-12)15(20)16-13(9-14(18)19)11-7-8-11/h2-6,10-11,13,17H,7-9H2,1H3,(H,16,20)(H,18,19)/t10-,13+/m0/s1. The van der Waals surface area contributed by atoms with Gasteiger partial charge in [0.05, 0.1) is 17.4 Å². The summed E-state index contributed by atoms with van der Waals surface area (Å²) in [6, 6.07) is 6.31. The first-order chi connectivity index (χ1) is 10.8. The summed E-state index contributed by atoms with van der Waals surface area (Å²) in [6.45, 7) is 1.43. The van der Waals surface area contributed by atoms with Crippen molar-refractivity contribution in [2.24, 2.45) is 5.92 Å². The van der Waals surface area contributed by atoms with Gasteiger partial charge in [-0.2, -0.15) is 4.72 Å². The third-order valence-electron chi connectivity index (χ3n) is 3.69. The quantitative estimate of drug-likeness (QED) is 0.645. The van der Waals surface area contributed by atoms with Crippen molar-refractivity contribution in [1.82, 2.24) is 10.0 Å². The maximum atomic E-state index is 12.2. The van der Waals surface area contributed by atoms with Crippen LogP contribution in [0.3, 0.4) is 0 Å². The number of carbonyl (C=O) groups is 2. The zero-order valence-electron chi connectivity index (χ0n) is 12.7. The van der Waals surface area contributed by atoms with Gasteiger partial charge in [0.2, 0.25) is 15.9 Å². The van der Waals surface area contributed by atoms with Gasteiger partial charge in [0, 0.05) is 6.04 Å². The molecule has 7 nitrogen and oxygen atoms in total. The fraction of sp³-hybridized carbons (Fsp3) is 0.467. The van der Waals surface area contributed by atoms with Crippen LogP contribution >= 0.6 is 0 Å². The van der Waals surface area contributed by atoms with Gasteiger partial charge in [0.25, 0.3) is 0 Å². The summed E-state index contributed by atoms with van der Waals surface area (Å²) >= 11 is 0. The zero-order chi connectivity index (χ0) is 17.0. The van der Waals surface area contributed by atoms with E-state index < -0.39 is 34.0 Å². The lowest BCUT2D eigenvalue weighted by molar-refractivity contribution is -0.138. The monoisotopic (exact) mass is 340 g/mol. The van der Waals surface area contributed by atoms with Gasteiger partial charge in [0.1, 0.15) is 0 Å². The van der Waals surface area contributed by atoms with Crippen molar-refractivity contribution < 1.29 is 23.1 Å². The third-order valence-corrected chi connectivity index (χ3v) is 5.25. The van der Waals surface area contributed by atoms with E-state index in [9.17, 15) is 18.0 Å². The molecule has 1 aromatic carbocycles. The lowest BCUT2D eigenvalue weighted by Gasteiger charge is -2.20. The van der Waals surface area contributed by atoms with Gasteiger partial charge in [-0.25, -0.2) is 8.42 Å². The number of rotatable bonds is 8. The minimum absolute atomic E-state index is 0.0731. The molecule has 0 bridgehead atoms. The van der Waals surface area contributed by atoms with Crippen LogP contribution in [0.4, 0.5) is 0 Å². The number of nitrogens with one attached hydrogen (secondary N) is 2. The van der Waals surface area contributed by atoms with E-state index in [-0.39, 0.29) is 17.2 Å². The number of hydrogen-bond acceptors (Lipinski definition) is 4. The topological polar surface area (TPSA) is 113 Å². The highest BCUT2D eigenvalue weighted by molar-refractivity contribution is 7.89. The Morgan fingerprint density at radius 2 is 1.87 bits per heavy atom. The second kappa shape index (κ2) is 7.10. The van der Waals surface area contributed by atoms with E-state index in [1.54, 1.807) is 18.2 Å². The molecule has 2 rings (SSSR count). The molecule has 1 amide bonds. The SMILES string of the molecule is C[C@H](NS(=O)(=O)c1ccccc1)C(=O)N[C@H](CC(=O)O)C1CC1. The van der Waals surface area contributed by atoms with Gasteiger partial charge in [-0.15, -0.1) is 0 Å². The second-order valence-electron chi connectivity index (χ2n) is 5.71. The molecule has 0 aliphatic heterocycles. The first kappa shape index (κ1) is 17.4. The number of carboxylic acids is 1. The van der Waals surface area contributed by atoms with Crippen LogP contribution < -0.4 is 10.0 Å². The van der Waals surface area contributed by atoms with Crippen LogP contribution in [-0.4, -0.2) is 37.5 Å². The van der Waals surface area contributed by atoms with Crippen molar-refractivity contribution in [3.8, 4) is 0 Å². The van der Waals surface area contributed by atoms with Crippen LogP contribution in [0.25, 0.3) is 0 Å². The minimum atomic E-state index is -3.80. The molecule has 1 aliphatic carbocycles. The molecule has 0 aromatic heterocycles. The molecule has 1 aliphatic rings. The van der Waals surface area contributed by atoms with Crippen LogP contribution in [0, 0.1) is 5.92 Å². The van der Waals surface area contributed by atoms with Crippen LogP contribution in [0.15, 0.2) is 35.2 Å². The summed E-state index contributed by atoms with van der Waals surface area (Å²) < 4.78 is 26.6. The second-order valence-corrected chi connectivity index (χ2v) is 7.42. The molecule has 126 valence electrons. The van der Waals surface area contributed by atoms with E-state index in [1.165, 1.54) is 19.1 Å². The van der Waals surface area contributed by atoms with E-state index in [0.29, 0.717) is 0 Å². The van der Waals surface area contributed by atoms with E-state index in [0.717, 1.165) is 12.8 Å². The van der Waals surface area contributed by atoms with Crippen LogP contribution in [0.1, 0.15) is 26.2 Å². The Kier molecular flexibility index (Phi) is 5.38. The minimum Gasteiger partial charge on any atom is -0.481 e. The summed E-state index contributed by atoms with van der Waals surface area (Å²) in [5.74, 6) is -1.35. The number of hydrogen-bond donors (Lipinski definition) is 3. The number of carbonyl (C=O) groups excluding carboxylic acids is 1. The van der Waals surface area contributed by atoms with Crippen LogP contribution in [0.2, 0.25) is 0 Å². The van der Waals surface area contributed by atoms with E-state index in [4.69, 9.17) is 5.11 Å². The Morgan fingerprint density at radius 3 is 2.39 bits per heavy atom. The molecule has 0 spiro atoms. The molecule has 2 atom stereocenters. The molecular weight excluding hydrogens is 320 g/mol. The van der Waals surface area contributed by atoms with E-state index in [1.807, 2.05) is 0 Å². The first-order valence-electron chi connectivity index (χ1n) is 7.39. The van der Waals surface area contributed by atoms with Crippen molar-refractivity contribution in [3.63, 3.8) is 0 Å². The van der Waals surface area contributed by atoms with Gasteiger partial charge in [-0.1, -0.05) is 18.2 Å². The van der Waals surface area contributed by atoms with Gasteiger partial charge < -0.3 is 10.4 Å². The van der Waals surface area contributed by atoms with Gasteiger partial charge in [-0.3, -0.25) is 9.59 Å². The highest BCUT2D eigenvalue weighted by Gasteiger charge is 2.35. The number of sulfonamides is 1. The number of benzene rings is 1. The molecule has 3 N–H and O–H groups in total. The smallest absolute Gasteiger partial charge is 0.305 e. The normalized spacial score (nSPS) is 17.3. The van der Waals surface area contributed by atoms with Crippen molar-refractivity contribution in [1.29, 1.82) is 0 Å². The maximum absolute atomic E-state index is 12.2. The maximum Gasteiger partial charge on any atom is 0.305 e. The summed E-state index contributed by atoms with van der Waals surface area (Å²) in [4.78, 5) is 23.1. The largest absolute Gasteiger partial charge is 0.481 e. The lowest BCUT2D eigenvalue weighted by atomic mass is 10.1. The van der Waals surface area contributed by atoms with Crippen molar-refractivity contribution in [2.75, 3.05) is 0 Å². The van der Waals surface area contributed by atoms with Gasteiger partial charge in [-0.05, 0) is 37.8 Å². The number of aliphatic carboxylic acids is 1. The van der Waals surface area contributed by atoms with E-state index >= 15 is 0 Å². The molecule has 0 saturated heterocycles. The lowest BCUT2D eigenvalue weighted by Crippen LogP contribution is -2.49. The zero-order valence-corrected chi connectivity index (χ0v) is 13.5. The Balaban J connectivity index is 1.98. The summed E-state index contributed by atoms with van der Waals surface area (Å²) in [6.07, 6.45) is 1.60. The Morgan fingerprint density at radius 1 is 1.26 bits per heavy atom. The van der Waals surface area contributed by atoms with Crippen molar-refractivity contribution in [2.45, 2.75) is 43.2 Å². The molecule has 0 unspecified atom stereocenters. The summed E-state index contributed by atoms with van der Waals surface area (Å²) in [5, 5.41) is 11.5. The van der Waals surface area contributed by atoms with Gasteiger partial charge in [0.15, 0.2) is 0 Å². The predicted molar refractivity (Wildman–Crippen MR) is 83.1 cm³/mol. The highest BCUT2D eigenvalue weighted by Crippen LogP contribution is 2.34. The Labute approximate surface area is 135 Å². The third kappa shape index (κ3) is 5.04. The molecule has 8 heteroatoms. The fourth-order valence-electron chi connectivity index (χ4n) is 2.28. The number of amides is 1. The molecule has 0 heterocycles.